The van der Waals surface area contributed by atoms with Gasteiger partial charge in [-0.25, -0.2) is 8.42 Å². The number of Topliss-reactive ketones (excluding diaryl/α,β-unsaturated/α-hetero) is 1. The molecule has 0 saturated heterocycles. The molecular formula is C11H18O3S. The minimum atomic E-state index is -3.40. The van der Waals surface area contributed by atoms with Crippen molar-refractivity contribution in [1.29, 1.82) is 0 Å². The van der Waals surface area contributed by atoms with Crippen molar-refractivity contribution >= 4 is 15.6 Å². The summed E-state index contributed by atoms with van der Waals surface area (Å²) in [6.45, 7) is 7.21. The lowest BCUT2D eigenvalue weighted by atomic mass is 9.63. The quantitative estimate of drug-likeness (QED) is 0.726. The Balaban J connectivity index is 2.85. The summed E-state index contributed by atoms with van der Waals surface area (Å²) in [7, 11) is -3.40. The van der Waals surface area contributed by atoms with Crippen LogP contribution >= 0.6 is 0 Å². The third-order valence-electron chi connectivity index (χ3n) is 3.43. The second-order valence-corrected chi connectivity index (χ2v) is 6.28. The summed E-state index contributed by atoms with van der Waals surface area (Å²) in [5, 5.41) is 0.0858. The van der Waals surface area contributed by atoms with E-state index in [9.17, 15) is 13.2 Å². The second-order valence-electron chi connectivity index (χ2n) is 4.20. The van der Waals surface area contributed by atoms with Gasteiger partial charge in [-0.1, -0.05) is 26.8 Å². The van der Waals surface area contributed by atoms with E-state index in [1.807, 2.05) is 13.8 Å². The van der Waals surface area contributed by atoms with Crippen LogP contribution in [-0.4, -0.2) is 19.5 Å². The molecule has 0 N–H and O–H groups in total. The normalized spacial score (nSPS) is 31.1. The highest BCUT2D eigenvalue weighted by Crippen LogP contribution is 2.47. The number of ketones is 1. The first-order valence-electron chi connectivity index (χ1n) is 5.34. The predicted octanol–water partition coefficient (Wildman–Crippen LogP) is 2.08. The van der Waals surface area contributed by atoms with Crippen molar-refractivity contribution in [2.45, 2.75) is 44.8 Å². The van der Waals surface area contributed by atoms with E-state index in [4.69, 9.17) is 0 Å². The zero-order chi connectivity index (χ0) is 11.7. The van der Waals surface area contributed by atoms with Gasteiger partial charge in [0.15, 0.2) is 15.6 Å². The van der Waals surface area contributed by atoms with Crippen molar-refractivity contribution in [3.63, 3.8) is 0 Å². The Morgan fingerprint density at radius 2 is 2.13 bits per heavy atom. The first-order chi connectivity index (χ1) is 6.93. The van der Waals surface area contributed by atoms with Gasteiger partial charge in [0.1, 0.15) is 5.25 Å². The summed E-state index contributed by atoms with van der Waals surface area (Å²) in [6.07, 6.45) is 2.93. The molecule has 0 aromatic rings. The van der Waals surface area contributed by atoms with Gasteiger partial charge >= 0.3 is 0 Å². The van der Waals surface area contributed by atoms with Crippen molar-refractivity contribution < 1.29 is 13.2 Å². The lowest BCUT2D eigenvalue weighted by Crippen LogP contribution is -2.55. The van der Waals surface area contributed by atoms with Crippen LogP contribution in [0.25, 0.3) is 0 Å². The summed E-state index contributed by atoms with van der Waals surface area (Å²) in [5.41, 5.74) is -0.366. The molecule has 1 rings (SSSR count). The Hall–Kier alpha value is -0.640. The topological polar surface area (TPSA) is 51.2 Å². The predicted molar refractivity (Wildman–Crippen MR) is 60.2 cm³/mol. The summed E-state index contributed by atoms with van der Waals surface area (Å²) < 4.78 is 22.9. The van der Waals surface area contributed by atoms with E-state index in [0.29, 0.717) is 6.42 Å². The fraction of sp³-hybridized carbons (Fsp3) is 0.727. The number of sulfone groups is 1. The molecule has 15 heavy (non-hydrogen) atoms. The molecule has 0 heterocycles. The lowest BCUT2D eigenvalue weighted by molar-refractivity contribution is -0.138. The SMILES string of the molecule is C=CS(=O)(=O)C1CC(CC)(CCC)C1=O. The van der Waals surface area contributed by atoms with E-state index >= 15 is 0 Å². The smallest absolute Gasteiger partial charge is 0.181 e. The fourth-order valence-corrected chi connectivity index (χ4v) is 3.67. The lowest BCUT2D eigenvalue weighted by Gasteiger charge is -2.44. The van der Waals surface area contributed by atoms with E-state index in [2.05, 4.69) is 6.58 Å². The maximum absolute atomic E-state index is 11.9. The van der Waals surface area contributed by atoms with Crippen LogP contribution in [0.2, 0.25) is 0 Å². The first kappa shape index (κ1) is 12.4. The van der Waals surface area contributed by atoms with Crippen molar-refractivity contribution in [2.24, 2.45) is 5.41 Å². The summed E-state index contributed by atoms with van der Waals surface area (Å²) in [4.78, 5) is 11.9. The molecule has 86 valence electrons. The number of hydrogen-bond donors (Lipinski definition) is 0. The van der Waals surface area contributed by atoms with Gasteiger partial charge in [0.25, 0.3) is 0 Å². The molecule has 3 nitrogen and oxygen atoms in total. The molecule has 0 aliphatic heterocycles. The monoisotopic (exact) mass is 230 g/mol. The van der Waals surface area contributed by atoms with Crippen LogP contribution in [0.4, 0.5) is 0 Å². The third kappa shape index (κ3) is 1.87. The van der Waals surface area contributed by atoms with Gasteiger partial charge < -0.3 is 0 Å². The molecular weight excluding hydrogens is 212 g/mol. The van der Waals surface area contributed by atoms with E-state index < -0.39 is 15.1 Å². The van der Waals surface area contributed by atoms with Gasteiger partial charge in [-0.2, -0.15) is 0 Å². The molecule has 4 heteroatoms. The maximum atomic E-state index is 11.9. The zero-order valence-corrected chi connectivity index (χ0v) is 10.1. The first-order valence-corrected chi connectivity index (χ1v) is 6.95. The highest BCUT2D eigenvalue weighted by atomic mass is 32.2. The van der Waals surface area contributed by atoms with Gasteiger partial charge in [-0.05, 0) is 19.3 Å². The number of carbonyl (C=O) groups is 1. The molecule has 0 radical (unpaired) electrons. The van der Waals surface area contributed by atoms with Crippen LogP contribution in [0.5, 0.6) is 0 Å². The van der Waals surface area contributed by atoms with Crippen molar-refractivity contribution in [1.82, 2.24) is 0 Å². The van der Waals surface area contributed by atoms with Crippen LogP contribution < -0.4 is 0 Å². The molecule has 0 amide bonds. The Bertz CT molecular complexity index is 369. The minimum absolute atomic E-state index is 0.105. The van der Waals surface area contributed by atoms with E-state index in [1.54, 1.807) is 0 Å². The number of carbonyl (C=O) groups excluding carboxylic acids is 1. The van der Waals surface area contributed by atoms with Gasteiger partial charge in [0.05, 0.1) is 0 Å². The van der Waals surface area contributed by atoms with Gasteiger partial charge in [0, 0.05) is 10.8 Å². The van der Waals surface area contributed by atoms with E-state index in [0.717, 1.165) is 24.7 Å². The van der Waals surface area contributed by atoms with Crippen LogP contribution in [-0.2, 0) is 14.6 Å². The largest absolute Gasteiger partial charge is 0.298 e. The Morgan fingerprint density at radius 3 is 2.47 bits per heavy atom. The van der Waals surface area contributed by atoms with Crippen LogP contribution in [0.3, 0.4) is 0 Å². The fourth-order valence-electron chi connectivity index (χ4n) is 2.34. The molecule has 1 saturated carbocycles. The van der Waals surface area contributed by atoms with Crippen LogP contribution in [0, 0.1) is 5.41 Å². The maximum Gasteiger partial charge on any atom is 0.181 e. The average molecular weight is 230 g/mol. The summed E-state index contributed by atoms with van der Waals surface area (Å²) in [6, 6.07) is 0. The van der Waals surface area contributed by atoms with E-state index in [-0.39, 0.29) is 11.2 Å². The minimum Gasteiger partial charge on any atom is -0.298 e. The van der Waals surface area contributed by atoms with Gasteiger partial charge in [-0.15, -0.1) is 0 Å². The van der Waals surface area contributed by atoms with Crippen molar-refractivity contribution in [3.8, 4) is 0 Å². The molecule has 1 fully saturated rings. The van der Waals surface area contributed by atoms with Crippen LogP contribution in [0.1, 0.15) is 39.5 Å². The third-order valence-corrected chi connectivity index (χ3v) is 5.06. The number of hydrogen-bond acceptors (Lipinski definition) is 3. The van der Waals surface area contributed by atoms with Gasteiger partial charge in [0.2, 0.25) is 0 Å². The molecule has 0 spiro atoms. The standard InChI is InChI=1S/C11H18O3S/c1-4-7-11(5-2)8-9(10(11)12)15(13,14)6-3/h6,9H,3-5,7-8H2,1-2H3. The second kappa shape index (κ2) is 4.08. The van der Waals surface area contributed by atoms with Crippen molar-refractivity contribution in [2.75, 3.05) is 0 Å². The average Bonchev–Trinajstić information content (AvgIpc) is 2.22. The van der Waals surface area contributed by atoms with Gasteiger partial charge in [-0.3, -0.25) is 4.79 Å². The Labute approximate surface area is 91.5 Å². The number of rotatable bonds is 5. The zero-order valence-electron chi connectivity index (χ0n) is 9.32. The molecule has 2 atom stereocenters. The summed E-state index contributed by atoms with van der Waals surface area (Å²) >= 11 is 0. The van der Waals surface area contributed by atoms with Crippen molar-refractivity contribution in [3.05, 3.63) is 12.0 Å². The molecule has 0 aromatic carbocycles. The molecule has 1 aliphatic carbocycles. The highest BCUT2D eigenvalue weighted by molar-refractivity contribution is 7.95. The van der Waals surface area contributed by atoms with Crippen LogP contribution in [0.15, 0.2) is 12.0 Å². The molecule has 0 aromatic heterocycles. The molecule has 0 bridgehead atoms. The highest BCUT2D eigenvalue weighted by Gasteiger charge is 2.55. The Morgan fingerprint density at radius 1 is 1.53 bits per heavy atom. The van der Waals surface area contributed by atoms with E-state index in [1.165, 1.54) is 0 Å². The Kier molecular flexibility index (Phi) is 3.38. The summed E-state index contributed by atoms with van der Waals surface area (Å²) in [5.74, 6) is -0.105. The molecule has 2 unspecified atom stereocenters. The molecule has 1 aliphatic rings.